The molecule has 3 aromatic rings. The normalized spacial score (nSPS) is 17.6. The van der Waals surface area contributed by atoms with Gasteiger partial charge in [-0.25, -0.2) is 0 Å². The van der Waals surface area contributed by atoms with E-state index in [2.05, 4.69) is 34.6 Å². The summed E-state index contributed by atoms with van der Waals surface area (Å²) in [4.78, 5) is 11.9. The molecular formula is C17H15N3O. The molecule has 0 bridgehead atoms. The number of benzene rings is 2. The Labute approximate surface area is 122 Å². The lowest BCUT2D eigenvalue weighted by Gasteiger charge is -2.23. The van der Waals surface area contributed by atoms with Crippen LogP contribution < -0.4 is 5.32 Å². The molecule has 0 saturated heterocycles. The first-order chi connectivity index (χ1) is 10.2. The highest BCUT2D eigenvalue weighted by atomic mass is 16.1. The number of rotatable bonds is 1. The first kappa shape index (κ1) is 12.1. The molecule has 4 heteroatoms. The van der Waals surface area contributed by atoms with E-state index in [1.165, 1.54) is 0 Å². The quantitative estimate of drug-likeness (QED) is 0.718. The van der Waals surface area contributed by atoms with Gasteiger partial charge in [-0.1, -0.05) is 31.2 Å². The van der Waals surface area contributed by atoms with E-state index in [1.807, 2.05) is 30.3 Å². The number of nitrogens with one attached hydrogen (secondary N) is 2. The second-order valence-corrected chi connectivity index (χ2v) is 5.53. The Bertz CT molecular complexity index is 850. The summed E-state index contributed by atoms with van der Waals surface area (Å²) in [7, 11) is 0. The number of nitrogens with zero attached hydrogens (tertiary/aromatic N) is 1. The van der Waals surface area contributed by atoms with Gasteiger partial charge in [-0.3, -0.25) is 9.89 Å². The molecule has 1 unspecified atom stereocenters. The average Bonchev–Trinajstić information content (AvgIpc) is 2.95. The van der Waals surface area contributed by atoms with Crippen LogP contribution in [0.4, 0.5) is 0 Å². The van der Waals surface area contributed by atoms with Gasteiger partial charge in [0.1, 0.15) is 0 Å². The molecule has 0 fully saturated rings. The molecule has 0 aliphatic carbocycles. The van der Waals surface area contributed by atoms with Crippen LogP contribution in [0.1, 0.15) is 28.8 Å². The van der Waals surface area contributed by atoms with Crippen molar-refractivity contribution in [1.82, 2.24) is 15.5 Å². The summed E-state index contributed by atoms with van der Waals surface area (Å²) in [5.41, 5.74) is 4.89. The van der Waals surface area contributed by atoms with Gasteiger partial charge in [0.25, 0.3) is 5.91 Å². The van der Waals surface area contributed by atoms with E-state index in [4.69, 9.17) is 0 Å². The maximum atomic E-state index is 11.9. The van der Waals surface area contributed by atoms with Crippen LogP contribution in [0.15, 0.2) is 42.5 Å². The first-order valence-electron chi connectivity index (χ1n) is 7.09. The van der Waals surface area contributed by atoms with Crippen molar-refractivity contribution in [3.05, 3.63) is 53.6 Å². The van der Waals surface area contributed by atoms with E-state index in [0.29, 0.717) is 12.5 Å². The lowest BCUT2D eigenvalue weighted by atomic mass is 9.89. The fourth-order valence-electron chi connectivity index (χ4n) is 2.96. The second kappa shape index (κ2) is 4.45. The summed E-state index contributed by atoms with van der Waals surface area (Å²) in [6, 6.07) is 14.0. The topological polar surface area (TPSA) is 57.8 Å². The third kappa shape index (κ3) is 1.83. The third-order valence-corrected chi connectivity index (χ3v) is 4.14. The van der Waals surface area contributed by atoms with Gasteiger partial charge in [0.05, 0.1) is 11.2 Å². The molecule has 21 heavy (non-hydrogen) atoms. The number of fused-ring (bicyclic) bond motifs is 2. The molecular weight excluding hydrogens is 262 g/mol. The Morgan fingerprint density at radius 1 is 1.19 bits per heavy atom. The number of carbonyl (C=O) groups is 1. The number of amides is 1. The van der Waals surface area contributed by atoms with Gasteiger partial charge in [-0.2, -0.15) is 5.10 Å². The van der Waals surface area contributed by atoms with Crippen molar-refractivity contribution in [2.24, 2.45) is 0 Å². The van der Waals surface area contributed by atoms with Gasteiger partial charge in [-0.15, -0.1) is 0 Å². The van der Waals surface area contributed by atoms with Crippen LogP contribution in [-0.4, -0.2) is 22.6 Å². The zero-order valence-electron chi connectivity index (χ0n) is 11.7. The number of hydrogen-bond donors (Lipinski definition) is 2. The number of hydrogen-bond acceptors (Lipinski definition) is 2. The van der Waals surface area contributed by atoms with Crippen LogP contribution in [0, 0.1) is 0 Å². The summed E-state index contributed by atoms with van der Waals surface area (Å²) in [5, 5.41) is 11.5. The van der Waals surface area contributed by atoms with Crippen LogP contribution in [-0.2, 0) is 0 Å². The standard InChI is InChI=1S/C17H15N3O/c1-10-9-18-17(21)12-7-6-11(8-14(10)12)16-13-4-2-3-5-15(13)19-20-16/h2-8,10H,9H2,1H3,(H,18,21)(H,19,20). The number of H-pyrrole nitrogens is 1. The van der Waals surface area contributed by atoms with Crippen molar-refractivity contribution >= 4 is 16.8 Å². The smallest absolute Gasteiger partial charge is 0.251 e. The Kier molecular flexibility index (Phi) is 2.57. The molecule has 2 aromatic carbocycles. The van der Waals surface area contributed by atoms with E-state index in [-0.39, 0.29) is 5.91 Å². The van der Waals surface area contributed by atoms with Crippen molar-refractivity contribution in [2.45, 2.75) is 12.8 Å². The van der Waals surface area contributed by atoms with E-state index < -0.39 is 0 Å². The molecule has 1 aliphatic heterocycles. The monoisotopic (exact) mass is 277 g/mol. The van der Waals surface area contributed by atoms with Crippen molar-refractivity contribution < 1.29 is 4.79 Å². The van der Waals surface area contributed by atoms with Crippen LogP contribution in [0.5, 0.6) is 0 Å². The fraction of sp³-hybridized carbons (Fsp3) is 0.176. The maximum absolute atomic E-state index is 11.9. The lowest BCUT2D eigenvalue weighted by molar-refractivity contribution is 0.0941. The number of carbonyl (C=O) groups excluding carboxylic acids is 1. The lowest BCUT2D eigenvalue weighted by Crippen LogP contribution is -2.33. The highest BCUT2D eigenvalue weighted by Crippen LogP contribution is 2.31. The zero-order chi connectivity index (χ0) is 14.4. The van der Waals surface area contributed by atoms with E-state index >= 15 is 0 Å². The molecule has 0 spiro atoms. The minimum atomic E-state index is 0.0153. The van der Waals surface area contributed by atoms with E-state index in [1.54, 1.807) is 0 Å². The molecule has 2 N–H and O–H groups in total. The predicted molar refractivity (Wildman–Crippen MR) is 82.3 cm³/mol. The molecule has 1 amide bonds. The summed E-state index contributed by atoms with van der Waals surface area (Å²) >= 11 is 0. The summed E-state index contributed by atoms with van der Waals surface area (Å²) in [6.45, 7) is 2.82. The van der Waals surface area contributed by atoms with E-state index in [9.17, 15) is 4.79 Å². The van der Waals surface area contributed by atoms with Crippen LogP contribution in [0.25, 0.3) is 22.2 Å². The molecule has 0 radical (unpaired) electrons. The Morgan fingerprint density at radius 2 is 2.05 bits per heavy atom. The molecule has 1 aliphatic rings. The van der Waals surface area contributed by atoms with Gasteiger partial charge in [0.15, 0.2) is 0 Å². The largest absolute Gasteiger partial charge is 0.351 e. The van der Waals surface area contributed by atoms with Gasteiger partial charge >= 0.3 is 0 Å². The van der Waals surface area contributed by atoms with E-state index in [0.717, 1.165) is 33.3 Å². The molecule has 4 rings (SSSR count). The van der Waals surface area contributed by atoms with Crippen molar-refractivity contribution in [1.29, 1.82) is 0 Å². The van der Waals surface area contributed by atoms with Crippen molar-refractivity contribution in [3.63, 3.8) is 0 Å². The molecule has 104 valence electrons. The number of aromatic amines is 1. The van der Waals surface area contributed by atoms with Gasteiger partial charge in [-0.05, 0) is 29.7 Å². The van der Waals surface area contributed by atoms with Crippen LogP contribution in [0.2, 0.25) is 0 Å². The van der Waals surface area contributed by atoms with Crippen LogP contribution >= 0.6 is 0 Å². The minimum Gasteiger partial charge on any atom is -0.351 e. The van der Waals surface area contributed by atoms with Crippen molar-refractivity contribution in [3.8, 4) is 11.3 Å². The average molecular weight is 277 g/mol. The Balaban J connectivity index is 1.90. The zero-order valence-corrected chi connectivity index (χ0v) is 11.7. The summed E-state index contributed by atoms with van der Waals surface area (Å²) in [6.07, 6.45) is 0. The Morgan fingerprint density at radius 3 is 2.95 bits per heavy atom. The molecule has 1 aromatic heterocycles. The van der Waals surface area contributed by atoms with Crippen LogP contribution in [0.3, 0.4) is 0 Å². The maximum Gasteiger partial charge on any atom is 0.251 e. The second-order valence-electron chi connectivity index (χ2n) is 5.53. The SMILES string of the molecule is CC1CNC(=O)c2ccc(-c3n[nH]c4ccccc34)cc21. The van der Waals surface area contributed by atoms with Gasteiger partial charge in [0.2, 0.25) is 0 Å². The molecule has 2 heterocycles. The summed E-state index contributed by atoms with van der Waals surface area (Å²) < 4.78 is 0. The molecule has 1 atom stereocenters. The third-order valence-electron chi connectivity index (χ3n) is 4.14. The number of para-hydroxylation sites is 1. The fourth-order valence-corrected chi connectivity index (χ4v) is 2.96. The molecule has 4 nitrogen and oxygen atoms in total. The van der Waals surface area contributed by atoms with Gasteiger partial charge < -0.3 is 5.32 Å². The first-order valence-corrected chi connectivity index (χ1v) is 7.09. The minimum absolute atomic E-state index is 0.0153. The highest BCUT2D eigenvalue weighted by molar-refractivity contribution is 5.99. The Hall–Kier alpha value is -2.62. The molecule has 0 saturated carbocycles. The predicted octanol–water partition coefficient (Wildman–Crippen LogP) is 3.08. The summed E-state index contributed by atoms with van der Waals surface area (Å²) in [5.74, 6) is 0.337. The van der Waals surface area contributed by atoms with Crippen molar-refractivity contribution in [2.75, 3.05) is 6.54 Å². The van der Waals surface area contributed by atoms with Gasteiger partial charge in [0, 0.05) is 23.1 Å². The highest BCUT2D eigenvalue weighted by Gasteiger charge is 2.23. The number of aromatic nitrogens is 2.